The van der Waals surface area contributed by atoms with Crippen molar-refractivity contribution in [1.82, 2.24) is 20.6 Å². The predicted octanol–water partition coefficient (Wildman–Crippen LogP) is 0.517. The summed E-state index contributed by atoms with van der Waals surface area (Å²) in [7, 11) is 0. The van der Waals surface area contributed by atoms with Gasteiger partial charge in [0.2, 0.25) is 0 Å². The topological polar surface area (TPSA) is 103 Å². The third-order valence-electron chi connectivity index (χ3n) is 1.76. The van der Waals surface area contributed by atoms with Crippen LogP contribution < -0.4 is 5.43 Å². The molecule has 0 amide bonds. The SMILES string of the molecule is N#Cc1ccc(/C=N/Nc2nn[nH]n2)cc1. The van der Waals surface area contributed by atoms with E-state index in [1.54, 1.807) is 30.5 Å². The van der Waals surface area contributed by atoms with Crippen molar-refractivity contribution >= 4 is 12.2 Å². The fourth-order valence-electron chi connectivity index (χ4n) is 1.02. The predicted molar refractivity (Wildman–Crippen MR) is 56.6 cm³/mol. The van der Waals surface area contributed by atoms with Crippen molar-refractivity contribution in [2.75, 3.05) is 5.43 Å². The number of benzene rings is 1. The van der Waals surface area contributed by atoms with Crippen LogP contribution in [0.1, 0.15) is 11.1 Å². The monoisotopic (exact) mass is 213 g/mol. The van der Waals surface area contributed by atoms with E-state index in [9.17, 15) is 0 Å². The molecular formula is C9H7N7. The second-order valence-corrected chi connectivity index (χ2v) is 2.84. The second kappa shape index (κ2) is 4.65. The Kier molecular flexibility index (Phi) is 2.85. The maximum Gasteiger partial charge on any atom is 0.283 e. The highest BCUT2D eigenvalue weighted by Crippen LogP contribution is 2.00. The quantitative estimate of drug-likeness (QED) is 0.571. The lowest BCUT2D eigenvalue weighted by molar-refractivity contribution is 0.881. The lowest BCUT2D eigenvalue weighted by Crippen LogP contribution is -1.92. The molecule has 0 bridgehead atoms. The minimum atomic E-state index is 0.296. The van der Waals surface area contributed by atoms with Crippen molar-refractivity contribution in [2.45, 2.75) is 0 Å². The Labute approximate surface area is 90.8 Å². The summed E-state index contributed by atoms with van der Waals surface area (Å²) in [6.45, 7) is 0. The van der Waals surface area contributed by atoms with Crippen LogP contribution in [0.15, 0.2) is 29.4 Å². The highest BCUT2D eigenvalue weighted by atomic mass is 15.5. The fourth-order valence-corrected chi connectivity index (χ4v) is 1.02. The molecule has 0 saturated heterocycles. The van der Waals surface area contributed by atoms with Crippen LogP contribution in [0.3, 0.4) is 0 Å². The van der Waals surface area contributed by atoms with Gasteiger partial charge >= 0.3 is 0 Å². The summed E-state index contributed by atoms with van der Waals surface area (Å²) >= 11 is 0. The fraction of sp³-hybridized carbons (Fsp3) is 0. The highest BCUT2D eigenvalue weighted by Gasteiger charge is 1.92. The van der Waals surface area contributed by atoms with Crippen LogP contribution in [-0.2, 0) is 0 Å². The Balaban J connectivity index is 1.98. The number of nitrogens with one attached hydrogen (secondary N) is 2. The van der Waals surface area contributed by atoms with Gasteiger partial charge in [-0.05, 0) is 22.9 Å². The first kappa shape index (κ1) is 9.79. The van der Waals surface area contributed by atoms with E-state index < -0.39 is 0 Å². The molecule has 0 atom stereocenters. The molecule has 2 rings (SSSR count). The number of H-pyrrole nitrogens is 1. The molecule has 0 saturated carbocycles. The molecule has 0 spiro atoms. The van der Waals surface area contributed by atoms with Crippen molar-refractivity contribution in [1.29, 1.82) is 5.26 Å². The van der Waals surface area contributed by atoms with Crippen LogP contribution in [0.25, 0.3) is 0 Å². The number of hydrazone groups is 1. The summed E-state index contributed by atoms with van der Waals surface area (Å²) in [5.41, 5.74) is 4.07. The van der Waals surface area contributed by atoms with Gasteiger partial charge < -0.3 is 0 Å². The minimum Gasteiger partial charge on any atom is -0.243 e. The summed E-state index contributed by atoms with van der Waals surface area (Å²) in [6.07, 6.45) is 1.59. The van der Waals surface area contributed by atoms with Crippen LogP contribution in [-0.4, -0.2) is 26.8 Å². The van der Waals surface area contributed by atoms with Crippen LogP contribution >= 0.6 is 0 Å². The van der Waals surface area contributed by atoms with E-state index >= 15 is 0 Å². The molecule has 0 aliphatic carbocycles. The molecule has 1 aromatic heterocycles. The lowest BCUT2D eigenvalue weighted by Gasteiger charge is -1.93. The number of tetrazole rings is 1. The van der Waals surface area contributed by atoms with Crippen LogP contribution in [0.2, 0.25) is 0 Å². The van der Waals surface area contributed by atoms with Crippen molar-refractivity contribution in [3.05, 3.63) is 35.4 Å². The zero-order valence-corrected chi connectivity index (χ0v) is 8.12. The molecule has 78 valence electrons. The van der Waals surface area contributed by atoms with E-state index in [0.717, 1.165) is 5.56 Å². The average molecular weight is 213 g/mol. The number of hydrogen-bond acceptors (Lipinski definition) is 6. The summed E-state index contributed by atoms with van der Waals surface area (Å²) in [4.78, 5) is 0. The minimum absolute atomic E-state index is 0.296. The number of anilines is 1. The lowest BCUT2D eigenvalue weighted by atomic mass is 10.2. The summed E-state index contributed by atoms with van der Waals surface area (Å²) in [6, 6.07) is 9.06. The molecule has 1 aromatic carbocycles. The van der Waals surface area contributed by atoms with Crippen LogP contribution in [0, 0.1) is 11.3 Å². The van der Waals surface area contributed by atoms with E-state index in [1.165, 1.54) is 0 Å². The van der Waals surface area contributed by atoms with E-state index in [4.69, 9.17) is 5.26 Å². The first-order valence-corrected chi connectivity index (χ1v) is 4.41. The van der Waals surface area contributed by atoms with Gasteiger partial charge in [-0.1, -0.05) is 17.2 Å². The van der Waals surface area contributed by atoms with Gasteiger partial charge in [0.25, 0.3) is 5.95 Å². The van der Waals surface area contributed by atoms with Gasteiger partial charge in [0.1, 0.15) is 0 Å². The second-order valence-electron chi connectivity index (χ2n) is 2.84. The largest absolute Gasteiger partial charge is 0.283 e. The summed E-state index contributed by atoms with van der Waals surface area (Å²) < 4.78 is 0. The number of hydrogen-bond donors (Lipinski definition) is 2. The zero-order valence-electron chi connectivity index (χ0n) is 8.12. The van der Waals surface area contributed by atoms with E-state index in [1.807, 2.05) is 6.07 Å². The van der Waals surface area contributed by atoms with Gasteiger partial charge in [-0.2, -0.15) is 15.6 Å². The van der Waals surface area contributed by atoms with Crippen molar-refractivity contribution < 1.29 is 0 Å². The standard InChI is InChI=1S/C9H7N7/c10-5-7-1-3-8(4-2-7)6-11-12-9-13-15-16-14-9/h1-4,6H,(H2,12,13,14,15,16)/b11-6+. The number of aromatic amines is 1. The molecule has 1 heterocycles. The molecular weight excluding hydrogens is 206 g/mol. The molecule has 7 nitrogen and oxygen atoms in total. The Morgan fingerprint density at radius 1 is 1.38 bits per heavy atom. The molecule has 0 aliphatic heterocycles. The molecule has 2 N–H and O–H groups in total. The van der Waals surface area contributed by atoms with Crippen molar-refractivity contribution in [3.8, 4) is 6.07 Å². The number of rotatable bonds is 3. The number of aromatic nitrogens is 4. The average Bonchev–Trinajstić information content (AvgIpc) is 2.83. The Hall–Kier alpha value is -2.75. The van der Waals surface area contributed by atoms with Gasteiger partial charge in [0.05, 0.1) is 17.8 Å². The third kappa shape index (κ3) is 2.39. The molecule has 0 fully saturated rings. The van der Waals surface area contributed by atoms with Gasteiger partial charge in [-0.15, -0.1) is 5.10 Å². The molecule has 16 heavy (non-hydrogen) atoms. The smallest absolute Gasteiger partial charge is 0.243 e. The molecule has 2 aromatic rings. The van der Waals surface area contributed by atoms with Gasteiger partial charge in [0, 0.05) is 0 Å². The van der Waals surface area contributed by atoms with Gasteiger partial charge in [0.15, 0.2) is 0 Å². The third-order valence-corrected chi connectivity index (χ3v) is 1.76. The first-order chi connectivity index (χ1) is 7.88. The Bertz CT molecular complexity index is 506. The zero-order chi connectivity index (χ0) is 11.2. The molecule has 7 heteroatoms. The number of nitrogens with zero attached hydrogens (tertiary/aromatic N) is 5. The maximum absolute atomic E-state index is 8.61. The van der Waals surface area contributed by atoms with E-state index in [2.05, 4.69) is 31.2 Å². The van der Waals surface area contributed by atoms with Crippen LogP contribution in [0.4, 0.5) is 5.95 Å². The highest BCUT2D eigenvalue weighted by molar-refractivity contribution is 5.80. The molecule has 0 radical (unpaired) electrons. The Morgan fingerprint density at radius 2 is 2.19 bits per heavy atom. The van der Waals surface area contributed by atoms with Gasteiger partial charge in [-0.3, -0.25) is 0 Å². The first-order valence-electron chi connectivity index (χ1n) is 4.41. The molecule has 0 aliphatic rings. The molecule has 0 unspecified atom stereocenters. The summed E-state index contributed by atoms with van der Waals surface area (Å²) in [5, 5.41) is 25.5. The Morgan fingerprint density at radius 3 is 2.81 bits per heavy atom. The van der Waals surface area contributed by atoms with Crippen molar-refractivity contribution in [3.63, 3.8) is 0 Å². The van der Waals surface area contributed by atoms with Gasteiger partial charge in [-0.25, -0.2) is 5.43 Å². The summed E-state index contributed by atoms with van der Waals surface area (Å²) in [5.74, 6) is 0.296. The maximum atomic E-state index is 8.61. The normalized spacial score (nSPS) is 10.2. The van der Waals surface area contributed by atoms with Crippen LogP contribution in [0.5, 0.6) is 0 Å². The number of nitriles is 1. The van der Waals surface area contributed by atoms with Crippen molar-refractivity contribution in [2.24, 2.45) is 5.10 Å². The van der Waals surface area contributed by atoms with E-state index in [-0.39, 0.29) is 0 Å². The van der Waals surface area contributed by atoms with E-state index in [0.29, 0.717) is 11.5 Å².